The number of esters is 1. The number of nitrogens with one attached hydrogen (secondary N) is 1. The molecule has 1 aliphatic heterocycles. The third kappa shape index (κ3) is 1.33. The maximum Gasteiger partial charge on any atom is 0.330 e. The maximum atomic E-state index is 11.3. The highest BCUT2D eigenvalue weighted by molar-refractivity contribution is 5.74. The van der Waals surface area contributed by atoms with Crippen LogP contribution in [0.25, 0.3) is 0 Å². The van der Waals surface area contributed by atoms with Gasteiger partial charge in [-0.15, -0.1) is 0 Å². The van der Waals surface area contributed by atoms with Gasteiger partial charge in [0.1, 0.15) is 6.04 Å². The second-order valence-electron chi connectivity index (χ2n) is 3.08. The third-order valence-electron chi connectivity index (χ3n) is 2.32. The number of nitrogens with zero attached hydrogens (tertiary/aromatic N) is 1. The van der Waals surface area contributed by atoms with Gasteiger partial charge >= 0.3 is 5.97 Å². The van der Waals surface area contributed by atoms with Crippen LogP contribution >= 0.6 is 0 Å². The molecular weight excluding hydrogens is 168 g/mol. The van der Waals surface area contributed by atoms with E-state index in [-0.39, 0.29) is 12.0 Å². The molecule has 1 atom stereocenters. The van der Waals surface area contributed by atoms with Gasteiger partial charge in [0, 0.05) is 25.0 Å². The number of carbonyl (C=O) groups excluding carboxylic acids is 1. The van der Waals surface area contributed by atoms with Crippen molar-refractivity contribution in [3.63, 3.8) is 0 Å². The molecule has 1 aromatic heterocycles. The maximum absolute atomic E-state index is 11.3. The van der Waals surface area contributed by atoms with Crippen molar-refractivity contribution in [2.75, 3.05) is 13.7 Å². The first-order chi connectivity index (χ1) is 6.33. The first-order valence-corrected chi connectivity index (χ1v) is 4.27. The van der Waals surface area contributed by atoms with Crippen molar-refractivity contribution in [3.8, 4) is 0 Å². The van der Waals surface area contributed by atoms with E-state index in [0.717, 1.165) is 12.2 Å². The molecule has 0 radical (unpaired) electrons. The Morgan fingerprint density at radius 1 is 1.77 bits per heavy atom. The van der Waals surface area contributed by atoms with Gasteiger partial charge in [-0.2, -0.15) is 0 Å². The normalized spacial score (nSPS) is 20.8. The van der Waals surface area contributed by atoms with Crippen LogP contribution in [0.1, 0.15) is 11.7 Å². The van der Waals surface area contributed by atoms with E-state index in [1.807, 2.05) is 22.9 Å². The van der Waals surface area contributed by atoms with Gasteiger partial charge in [0.25, 0.3) is 0 Å². The first kappa shape index (κ1) is 8.31. The third-order valence-corrected chi connectivity index (χ3v) is 2.32. The summed E-state index contributed by atoms with van der Waals surface area (Å²) in [6, 6.07) is 3.74. The van der Waals surface area contributed by atoms with E-state index in [1.165, 1.54) is 7.11 Å². The van der Waals surface area contributed by atoms with E-state index < -0.39 is 0 Å². The van der Waals surface area contributed by atoms with Gasteiger partial charge in [0.15, 0.2) is 0 Å². The van der Waals surface area contributed by atoms with Gasteiger partial charge < -0.3 is 14.6 Å². The van der Waals surface area contributed by atoms with Crippen LogP contribution in [0.15, 0.2) is 18.3 Å². The summed E-state index contributed by atoms with van der Waals surface area (Å²) in [5.74, 6) is -0.190. The summed E-state index contributed by atoms with van der Waals surface area (Å²) in [5, 5.41) is 3.17. The highest BCUT2D eigenvalue weighted by Gasteiger charge is 2.25. The largest absolute Gasteiger partial charge is 0.467 e. The van der Waals surface area contributed by atoms with Crippen molar-refractivity contribution in [3.05, 3.63) is 24.0 Å². The highest BCUT2D eigenvalue weighted by Crippen LogP contribution is 2.16. The lowest BCUT2D eigenvalue weighted by Gasteiger charge is -2.24. The van der Waals surface area contributed by atoms with Gasteiger partial charge in [-0.05, 0) is 12.1 Å². The fraction of sp³-hybridized carbons (Fsp3) is 0.444. The summed E-state index contributed by atoms with van der Waals surface area (Å²) in [5.41, 5.74) is 1.13. The average molecular weight is 180 g/mol. The molecule has 1 N–H and O–H groups in total. The van der Waals surface area contributed by atoms with Crippen molar-refractivity contribution in [1.82, 2.24) is 9.88 Å². The van der Waals surface area contributed by atoms with Gasteiger partial charge in [-0.1, -0.05) is 0 Å². The molecule has 1 aliphatic rings. The standard InChI is InChI=1S/C9H12N2O2/c1-13-9(12)8-6-10-5-7-3-2-4-11(7)8/h2-4,8,10H,5-6H2,1H3. The van der Waals surface area contributed by atoms with Crippen molar-refractivity contribution >= 4 is 5.97 Å². The lowest BCUT2D eigenvalue weighted by Crippen LogP contribution is -2.37. The minimum absolute atomic E-state index is 0.190. The van der Waals surface area contributed by atoms with Crippen LogP contribution in [-0.2, 0) is 16.1 Å². The number of methoxy groups -OCH3 is 1. The quantitative estimate of drug-likeness (QED) is 0.632. The molecule has 0 aliphatic carbocycles. The molecule has 4 heteroatoms. The Hall–Kier alpha value is -1.29. The van der Waals surface area contributed by atoms with Gasteiger partial charge in [-0.25, -0.2) is 4.79 Å². The number of carbonyl (C=O) groups is 1. The van der Waals surface area contributed by atoms with E-state index in [9.17, 15) is 4.79 Å². The number of fused-ring (bicyclic) bond motifs is 1. The van der Waals surface area contributed by atoms with Crippen LogP contribution in [0.4, 0.5) is 0 Å². The summed E-state index contributed by atoms with van der Waals surface area (Å²) < 4.78 is 6.68. The lowest BCUT2D eigenvalue weighted by atomic mass is 10.2. The van der Waals surface area contributed by atoms with Crippen LogP contribution in [0.5, 0.6) is 0 Å². The van der Waals surface area contributed by atoms with E-state index >= 15 is 0 Å². The van der Waals surface area contributed by atoms with Crippen LogP contribution in [0, 0.1) is 0 Å². The second kappa shape index (κ2) is 3.22. The Kier molecular flexibility index (Phi) is 2.06. The summed E-state index contributed by atoms with van der Waals surface area (Å²) in [4.78, 5) is 11.3. The molecule has 0 saturated heterocycles. The fourth-order valence-corrected chi connectivity index (χ4v) is 1.65. The number of hydrogen-bond donors (Lipinski definition) is 1. The van der Waals surface area contributed by atoms with Crippen molar-refractivity contribution in [1.29, 1.82) is 0 Å². The van der Waals surface area contributed by atoms with Crippen LogP contribution in [0.2, 0.25) is 0 Å². The van der Waals surface area contributed by atoms with Crippen molar-refractivity contribution in [2.24, 2.45) is 0 Å². The molecule has 2 rings (SSSR count). The van der Waals surface area contributed by atoms with Crippen LogP contribution in [-0.4, -0.2) is 24.2 Å². The molecule has 13 heavy (non-hydrogen) atoms. The molecule has 0 amide bonds. The van der Waals surface area contributed by atoms with E-state index in [4.69, 9.17) is 4.74 Å². The van der Waals surface area contributed by atoms with Gasteiger partial charge in [0.2, 0.25) is 0 Å². The Balaban J connectivity index is 2.30. The summed E-state index contributed by atoms with van der Waals surface area (Å²) in [7, 11) is 1.42. The van der Waals surface area contributed by atoms with E-state index in [1.54, 1.807) is 0 Å². The first-order valence-electron chi connectivity index (χ1n) is 4.27. The van der Waals surface area contributed by atoms with Gasteiger partial charge in [0.05, 0.1) is 7.11 Å². The Labute approximate surface area is 76.5 Å². The highest BCUT2D eigenvalue weighted by atomic mass is 16.5. The zero-order valence-electron chi connectivity index (χ0n) is 7.49. The molecule has 0 spiro atoms. The second-order valence-corrected chi connectivity index (χ2v) is 3.08. The molecule has 70 valence electrons. The summed E-state index contributed by atoms with van der Waals surface area (Å²) in [6.45, 7) is 1.47. The number of aromatic nitrogens is 1. The fourth-order valence-electron chi connectivity index (χ4n) is 1.65. The summed E-state index contributed by atoms with van der Waals surface area (Å²) in [6.07, 6.45) is 1.91. The zero-order valence-corrected chi connectivity index (χ0v) is 7.49. The Bertz CT molecular complexity index is 319. The van der Waals surface area contributed by atoms with Crippen LogP contribution in [0.3, 0.4) is 0 Å². The Morgan fingerprint density at radius 3 is 3.38 bits per heavy atom. The number of rotatable bonds is 1. The van der Waals surface area contributed by atoms with Crippen molar-refractivity contribution in [2.45, 2.75) is 12.6 Å². The predicted molar refractivity (Wildman–Crippen MR) is 47.2 cm³/mol. The smallest absolute Gasteiger partial charge is 0.330 e. The predicted octanol–water partition coefficient (Wildman–Crippen LogP) is 0.305. The topological polar surface area (TPSA) is 43.3 Å². The number of ether oxygens (including phenoxy) is 1. The molecule has 4 nitrogen and oxygen atoms in total. The van der Waals surface area contributed by atoms with Crippen LogP contribution < -0.4 is 5.32 Å². The molecule has 0 fully saturated rings. The minimum atomic E-state index is -0.205. The van der Waals surface area contributed by atoms with E-state index in [0.29, 0.717) is 6.54 Å². The average Bonchev–Trinajstić information content (AvgIpc) is 2.63. The molecule has 0 aromatic carbocycles. The zero-order chi connectivity index (χ0) is 9.26. The van der Waals surface area contributed by atoms with E-state index in [2.05, 4.69) is 5.32 Å². The minimum Gasteiger partial charge on any atom is -0.467 e. The van der Waals surface area contributed by atoms with Gasteiger partial charge in [-0.3, -0.25) is 0 Å². The Morgan fingerprint density at radius 2 is 2.62 bits per heavy atom. The monoisotopic (exact) mass is 180 g/mol. The number of hydrogen-bond acceptors (Lipinski definition) is 3. The molecule has 0 bridgehead atoms. The lowest BCUT2D eigenvalue weighted by molar-refractivity contribution is -0.144. The SMILES string of the molecule is COC(=O)C1CNCc2cccn21. The summed E-state index contributed by atoms with van der Waals surface area (Å²) >= 11 is 0. The molecule has 0 saturated carbocycles. The molecule has 1 aromatic rings. The van der Waals surface area contributed by atoms with Crippen molar-refractivity contribution < 1.29 is 9.53 Å². The molecular formula is C9H12N2O2. The molecule has 2 heterocycles. The molecule has 1 unspecified atom stereocenters.